The molecular weight excluding hydrogens is 289 g/mol. The molecule has 0 unspecified atom stereocenters. The van der Waals surface area contributed by atoms with Gasteiger partial charge in [-0.1, -0.05) is 23.7 Å². The van der Waals surface area contributed by atoms with Gasteiger partial charge in [-0.3, -0.25) is 0 Å². The predicted octanol–water partition coefficient (Wildman–Crippen LogP) is 3.17. The number of halogens is 1. The van der Waals surface area contributed by atoms with Crippen LogP contribution in [0.1, 0.15) is 31.0 Å². The minimum absolute atomic E-state index is 0.155. The molecule has 0 saturated heterocycles. The summed E-state index contributed by atoms with van der Waals surface area (Å²) in [6, 6.07) is 6.69. The Balaban J connectivity index is 1.59. The lowest BCUT2D eigenvalue weighted by molar-refractivity contribution is 0.129. The minimum atomic E-state index is -0.220. The van der Waals surface area contributed by atoms with Gasteiger partial charge in [0.25, 0.3) is 0 Å². The van der Waals surface area contributed by atoms with Crippen molar-refractivity contribution in [3.63, 3.8) is 0 Å². The summed E-state index contributed by atoms with van der Waals surface area (Å²) in [4.78, 5) is 4.99. The molecule has 2 N–H and O–H groups in total. The number of hydrogen-bond acceptors (Lipinski definition) is 5. The lowest BCUT2D eigenvalue weighted by Crippen LogP contribution is -2.39. The van der Waals surface area contributed by atoms with Crippen molar-refractivity contribution in [3.8, 4) is 0 Å². The second-order valence-corrected chi connectivity index (χ2v) is 6.58. The van der Waals surface area contributed by atoms with Crippen LogP contribution in [0.15, 0.2) is 33.7 Å². The Morgan fingerprint density at radius 2 is 2.14 bits per heavy atom. The van der Waals surface area contributed by atoms with E-state index in [2.05, 4.69) is 10.1 Å². The van der Waals surface area contributed by atoms with Crippen LogP contribution in [0.2, 0.25) is 0 Å². The minimum Gasteiger partial charge on any atom is -0.339 e. The van der Waals surface area contributed by atoms with E-state index in [9.17, 15) is 4.39 Å². The maximum absolute atomic E-state index is 13.5. The molecule has 1 fully saturated rings. The first kappa shape index (κ1) is 14.5. The van der Waals surface area contributed by atoms with Gasteiger partial charge < -0.3 is 10.3 Å². The Hall–Kier alpha value is -1.40. The van der Waals surface area contributed by atoms with E-state index in [-0.39, 0.29) is 11.2 Å². The van der Waals surface area contributed by atoms with E-state index >= 15 is 0 Å². The molecule has 2 aromatic rings. The molecule has 21 heavy (non-hydrogen) atoms. The van der Waals surface area contributed by atoms with E-state index in [4.69, 9.17) is 10.3 Å². The first-order chi connectivity index (χ1) is 10.2. The molecule has 0 amide bonds. The number of rotatable bonds is 6. The maximum atomic E-state index is 13.5. The molecule has 1 aliphatic rings. The van der Waals surface area contributed by atoms with E-state index in [1.54, 1.807) is 12.1 Å². The summed E-state index contributed by atoms with van der Waals surface area (Å²) in [6.07, 6.45) is 4.23. The molecule has 1 aliphatic carbocycles. The van der Waals surface area contributed by atoms with Crippen LogP contribution in [0.25, 0.3) is 0 Å². The molecular formula is C15H18FN3OS. The molecule has 1 heterocycles. The molecule has 0 atom stereocenters. The number of hydrogen-bond donors (Lipinski definition) is 1. The smallest absolute Gasteiger partial charge is 0.227 e. The molecule has 0 aliphatic heterocycles. The van der Waals surface area contributed by atoms with Gasteiger partial charge in [-0.2, -0.15) is 4.98 Å². The van der Waals surface area contributed by atoms with Crippen molar-refractivity contribution in [3.05, 3.63) is 41.8 Å². The van der Waals surface area contributed by atoms with E-state index in [1.165, 1.54) is 24.2 Å². The van der Waals surface area contributed by atoms with Gasteiger partial charge in [-0.25, -0.2) is 4.39 Å². The molecule has 1 saturated carbocycles. The largest absolute Gasteiger partial charge is 0.339 e. The fraction of sp³-hybridized carbons (Fsp3) is 0.467. The average Bonchev–Trinajstić information content (AvgIpc) is 2.89. The monoisotopic (exact) mass is 307 g/mol. The number of nitrogens with two attached hydrogens (primary N) is 1. The highest BCUT2D eigenvalue weighted by atomic mass is 32.2. The second-order valence-electron chi connectivity index (χ2n) is 5.56. The second kappa shape index (κ2) is 6.15. The van der Waals surface area contributed by atoms with Gasteiger partial charge in [0.2, 0.25) is 5.89 Å². The quantitative estimate of drug-likeness (QED) is 0.830. The topological polar surface area (TPSA) is 64.9 Å². The zero-order chi connectivity index (χ0) is 14.7. The highest BCUT2D eigenvalue weighted by Crippen LogP contribution is 2.42. The Morgan fingerprint density at radius 1 is 1.33 bits per heavy atom. The van der Waals surface area contributed by atoms with Gasteiger partial charge in [0.05, 0.1) is 5.75 Å². The Bertz CT molecular complexity index is 607. The summed E-state index contributed by atoms with van der Waals surface area (Å²) in [5.41, 5.74) is 5.99. The summed E-state index contributed by atoms with van der Waals surface area (Å²) in [5, 5.41) is 3.97. The van der Waals surface area contributed by atoms with Crippen LogP contribution >= 0.6 is 11.8 Å². The zero-order valence-corrected chi connectivity index (χ0v) is 12.5. The molecule has 6 heteroatoms. The molecule has 1 aromatic carbocycles. The van der Waals surface area contributed by atoms with Crippen LogP contribution in [-0.2, 0) is 12.2 Å². The summed E-state index contributed by atoms with van der Waals surface area (Å²) in [7, 11) is 0. The number of benzene rings is 1. The third kappa shape index (κ3) is 3.27. The van der Waals surface area contributed by atoms with E-state index in [0.717, 1.165) is 19.3 Å². The van der Waals surface area contributed by atoms with E-state index in [0.29, 0.717) is 28.9 Å². The number of aromatic nitrogens is 2. The Morgan fingerprint density at radius 3 is 2.81 bits per heavy atom. The third-order valence-electron chi connectivity index (χ3n) is 4.08. The van der Waals surface area contributed by atoms with Gasteiger partial charge in [0.1, 0.15) is 5.82 Å². The standard InChI is InChI=1S/C15H18FN3OS/c16-11-4-1-2-5-12(11)21-9-13-18-14(20-19-13)8-15(10-17)6-3-7-15/h1-2,4-5H,3,6-10,17H2. The lowest BCUT2D eigenvalue weighted by Gasteiger charge is -2.39. The summed E-state index contributed by atoms with van der Waals surface area (Å²) in [6.45, 7) is 0.661. The molecule has 4 nitrogen and oxygen atoms in total. The fourth-order valence-electron chi connectivity index (χ4n) is 2.58. The van der Waals surface area contributed by atoms with E-state index < -0.39 is 0 Å². The van der Waals surface area contributed by atoms with Crippen LogP contribution in [0.4, 0.5) is 4.39 Å². The Labute approximate surface area is 127 Å². The average molecular weight is 307 g/mol. The van der Waals surface area contributed by atoms with Gasteiger partial charge in [-0.05, 0) is 36.9 Å². The van der Waals surface area contributed by atoms with Crippen molar-refractivity contribution < 1.29 is 8.91 Å². The third-order valence-corrected chi connectivity index (χ3v) is 5.12. The van der Waals surface area contributed by atoms with Gasteiger partial charge in [-0.15, -0.1) is 11.8 Å². The van der Waals surface area contributed by atoms with Crippen molar-refractivity contribution in [2.24, 2.45) is 11.1 Å². The van der Waals surface area contributed by atoms with Crippen molar-refractivity contribution in [1.29, 1.82) is 0 Å². The Kier molecular flexibility index (Phi) is 4.26. The molecule has 0 radical (unpaired) electrons. The van der Waals surface area contributed by atoms with Crippen LogP contribution in [0, 0.1) is 11.2 Å². The van der Waals surface area contributed by atoms with Crippen LogP contribution in [0.3, 0.4) is 0 Å². The highest BCUT2D eigenvalue weighted by molar-refractivity contribution is 7.98. The number of thioether (sulfide) groups is 1. The molecule has 0 bridgehead atoms. The summed E-state index contributed by atoms with van der Waals surface area (Å²) in [5.74, 6) is 1.52. The van der Waals surface area contributed by atoms with Crippen molar-refractivity contribution in [2.75, 3.05) is 6.54 Å². The zero-order valence-electron chi connectivity index (χ0n) is 11.7. The van der Waals surface area contributed by atoms with E-state index in [1.807, 2.05) is 6.07 Å². The van der Waals surface area contributed by atoms with Crippen LogP contribution in [0.5, 0.6) is 0 Å². The highest BCUT2D eigenvalue weighted by Gasteiger charge is 2.37. The predicted molar refractivity (Wildman–Crippen MR) is 79.3 cm³/mol. The summed E-state index contributed by atoms with van der Waals surface area (Å²) < 4.78 is 18.8. The van der Waals surface area contributed by atoms with Gasteiger partial charge in [0, 0.05) is 11.3 Å². The van der Waals surface area contributed by atoms with Crippen LogP contribution in [-0.4, -0.2) is 16.7 Å². The van der Waals surface area contributed by atoms with Crippen molar-refractivity contribution in [1.82, 2.24) is 10.1 Å². The fourth-order valence-corrected chi connectivity index (χ4v) is 3.36. The van der Waals surface area contributed by atoms with Crippen molar-refractivity contribution in [2.45, 2.75) is 36.3 Å². The van der Waals surface area contributed by atoms with Gasteiger partial charge in [0.15, 0.2) is 5.82 Å². The molecule has 0 spiro atoms. The first-order valence-electron chi connectivity index (χ1n) is 7.10. The lowest BCUT2D eigenvalue weighted by atomic mass is 9.67. The maximum Gasteiger partial charge on any atom is 0.227 e. The first-order valence-corrected chi connectivity index (χ1v) is 8.08. The molecule has 1 aromatic heterocycles. The van der Waals surface area contributed by atoms with Crippen molar-refractivity contribution >= 4 is 11.8 Å². The molecule has 112 valence electrons. The SMILES string of the molecule is NCC1(Cc2nc(CSc3ccccc3F)no2)CCC1. The number of nitrogens with zero attached hydrogens (tertiary/aromatic N) is 2. The van der Waals surface area contributed by atoms with Crippen LogP contribution < -0.4 is 5.73 Å². The molecule has 3 rings (SSSR count). The normalized spacial score (nSPS) is 16.7. The van der Waals surface area contributed by atoms with Gasteiger partial charge >= 0.3 is 0 Å². The summed E-state index contributed by atoms with van der Waals surface area (Å²) >= 11 is 1.37.